The van der Waals surface area contributed by atoms with Crippen LogP contribution in [0.25, 0.3) is 0 Å². The summed E-state index contributed by atoms with van der Waals surface area (Å²) in [5.74, 6) is -2.01. The van der Waals surface area contributed by atoms with Crippen molar-refractivity contribution < 1.29 is 19.2 Å². The minimum Gasteiger partial charge on any atom is -0.435 e. The number of rotatable bonds is 3. The van der Waals surface area contributed by atoms with E-state index in [1.54, 1.807) is 24.3 Å². The van der Waals surface area contributed by atoms with Gasteiger partial charge in [-0.3, -0.25) is 19.7 Å². The minimum atomic E-state index is -1.02. The normalized spacial score (nSPS) is 21.7. The second kappa shape index (κ2) is 5.83. The highest BCUT2D eigenvalue weighted by Crippen LogP contribution is 2.45. The first-order valence-corrected chi connectivity index (χ1v) is 7.43. The topological polar surface area (TPSA) is 98.5 Å². The van der Waals surface area contributed by atoms with Crippen molar-refractivity contribution in [2.24, 2.45) is 5.92 Å². The maximum Gasteiger partial charge on any atom is 0.314 e. The molecule has 2 aliphatic rings. The fourth-order valence-electron chi connectivity index (χ4n) is 3.29. The summed E-state index contributed by atoms with van der Waals surface area (Å²) in [5, 5.41) is 14.3. The summed E-state index contributed by atoms with van der Waals surface area (Å²) in [6.45, 7) is 0. The van der Waals surface area contributed by atoms with Crippen LogP contribution in [-0.2, 0) is 9.59 Å². The molecule has 1 fully saturated rings. The molecule has 3 rings (SSSR count). The average Bonchev–Trinajstić information content (AvgIpc) is 2.53. The number of hydrogen-bond donors (Lipinski definition) is 1. The molecule has 1 unspecified atom stereocenters. The zero-order chi connectivity index (χ0) is 16.6. The van der Waals surface area contributed by atoms with E-state index in [-0.39, 0.29) is 36.0 Å². The lowest BCUT2D eigenvalue weighted by atomic mass is 9.73. The highest BCUT2D eigenvalue weighted by atomic mass is 16.6. The van der Waals surface area contributed by atoms with Crippen LogP contribution in [0.1, 0.15) is 30.7 Å². The standard InChI is InChI=1S/C16H16N2O5/c1-17-16-15(18(21)22)13(9-5-2-3-8-12(9)23-16)14-10(19)6-4-7-11(14)20/h2-3,5,8,13-14,17H,4,6-7H2,1H3. The molecule has 120 valence electrons. The number of fused-ring (bicyclic) bond motifs is 1. The van der Waals surface area contributed by atoms with Gasteiger partial charge in [0.15, 0.2) is 0 Å². The Balaban J connectivity index is 2.20. The van der Waals surface area contributed by atoms with Gasteiger partial charge in [0.05, 0.1) is 10.8 Å². The van der Waals surface area contributed by atoms with Gasteiger partial charge in [0.25, 0.3) is 5.88 Å². The first kappa shape index (κ1) is 15.2. The van der Waals surface area contributed by atoms with Crippen molar-refractivity contribution in [1.82, 2.24) is 5.32 Å². The molecule has 1 aromatic rings. The van der Waals surface area contributed by atoms with Crippen LogP contribution in [0.4, 0.5) is 0 Å². The third kappa shape index (κ3) is 2.48. The van der Waals surface area contributed by atoms with E-state index < -0.39 is 16.8 Å². The van der Waals surface area contributed by atoms with Crippen LogP contribution in [0, 0.1) is 16.0 Å². The van der Waals surface area contributed by atoms with Crippen LogP contribution in [-0.4, -0.2) is 23.5 Å². The summed E-state index contributed by atoms with van der Waals surface area (Å²) in [6.07, 6.45) is 1.06. The Morgan fingerprint density at radius 2 is 1.83 bits per heavy atom. The van der Waals surface area contributed by atoms with Crippen molar-refractivity contribution in [2.75, 3.05) is 7.05 Å². The van der Waals surface area contributed by atoms with Crippen molar-refractivity contribution in [3.8, 4) is 5.75 Å². The minimum absolute atomic E-state index is 0.0233. The first-order chi connectivity index (χ1) is 11.0. The molecule has 7 heteroatoms. The fraction of sp³-hybridized carbons (Fsp3) is 0.375. The van der Waals surface area contributed by atoms with Crippen LogP contribution in [0.15, 0.2) is 35.8 Å². The Morgan fingerprint density at radius 3 is 2.43 bits per heavy atom. The second-order valence-electron chi connectivity index (χ2n) is 5.60. The van der Waals surface area contributed by atoms with Gasteiger partial charge in [0.2, 0.25) is 0 Å². The van der Waals surface area contributed by atoms with E-state index in [1.807, 2.05) is 0 Å². The molecule has 0 saturated heterocycles. The van der Waals surface area contributed by atoms with Gasteiger partial charge in [-0.25, -0.2) is 0 Å². The Bertz CT molecular complexity index is 709. The van der Waals surface area contributed by atoms with E-state index >= 15 is 0 Å². The number of benzene rings is 1. The van der Waals surface area contributed by atoms with Gasteiger partial charge in [-0.1, -0.05) is 18.2 Å². The van der Waals surface area contributed by atoms with Gasteiger partial charge in [-0.2, -0.15) is 0 Å². The largest absolute Gasteiger partial charge is 0.435 e. The molecule has 0 amide bonds. The van der Waals surface area contributed by atoms with Crippen molar-refractivity contribution in [3.63, 3.8) is 0 Å². The number of Topliss-reactive ketones (excluding diaryl/α,β-unsaturated/α-hetero) is 2. The smallest absolute Gasteiger partial charge is 0.314 e. The number of ether oxygens (including phenoxy) is 1. The molecular formula is C16H16N2O5. The highest BCUT2D eigenvalue weighted by Gasteiger charge is 2.49. The SMILES string of the molecule is CNC1=C([N+](=O)[O-])C(C2C(=O)CCCC2=O)c2ccccc2O1. The van der Waals surface area contributed by atoms with Crippen molar-refractivity contribution in [2.45, 2.75) is 25.2 Å². The van der Waals surface area contributed by atoms with E-state index in [0.717, 1.165) is 0 Å². The number of nitrogens with one attached hydrogen (secondary N) is 1. The van der Waals surface area contributed by atoms with E-state index in [4.69, 9.17) is 4.74 Å². The van der Waals surface area contributed by atoms with Gasteiger partial charge in [0.1, 0.15) is 23.2 Å². The van der Waals surface area contributed by atoms with Gasteiger partial charge >= 0.3 is 5.70 Å². The Hall–Kier alpha value is -2.70. The number of para-hydroxylation sites is 1. The second-order valence-corrected chi connectivity index (χ2v) is 5.60. The maximum absolute atomic E-state index is 12.3. The van der Waals surface area contributed by atoms with Gasteiger partial charge < -0.3 is 10.1 Å². The number of ketones is 2. The van der Waals surface area contributed by atoms with Gasteiger partial charge in [-0.05, 0) is 12.5 Å². The molecule has 1 saturated carbocycles. The summed E-state index contributed by atoms with van der Waals surface area (Å²) in [5.41, 5.74) is 0.242. The predicted octanol–water partition coefficient (Wildman–Crippen LogP) is 1.77. The molecule has 0 spiro atoms. The lowest BCUT2D eigenvalue weighted by Crippen LogP contribution is -2.39. The van der Waals surface area contributed by atoms with E-state index in [1.165, 1.54) is 7.05 Å². The molecule has 0 aromatic heterocycles. The van der Waals surface area contributed by atoms with Crippen LogP contribution < -0.4 is 10.1 Å². The van der Waals surface area contributed by atoms with Crippen LogP contribution >= 0.6 is 0 Å². The predicted molar refractivity (Wildman–Crippen MR) is 80.2 cm³/mol. The summed E-state index contributed by atoms with van der Waals surface area (Å²) >= 11 is 0. The average molecular weight is 316 g/mol. The molecule has 1 aliphatic carbocycles. The van der Waals surface area contributed by atoms with Gasteiger partial charge in [0, 0.05) is 25.5 Å². The first-order valence-electron chi connectivity index (χ1n) is 7.43. The van der Waals surface area contributed by atoms with Crippen LogP contribution in [0.5, 0.6) is 5.75 Å². The summed E-state index contributed by atoms with van der Waals surface area (Å²) < 4.78 is 5.55. The fourth-order valence-corrected chi connectivity index (χ4v) is 3.29. The molecule has 1 aromatic carbocycles. The van der Waals surface area contributed by atoms with Crippen molar-refractivity contribution >= 4 is 11.6 Å². The number of carbonyl (C=O) groups is 2. The molecule has 0 bridgehead atoms. The number of nitrogens with zero attached hydrogens (tertiary/aromatic N) is 1. The van der Waals surface area contributed by atoms with Crippen molar-refractivity contribution in [3.05, 3.63) is 51.5 Å². The van der Waals surface area contributed by atoms with E-state index in [9.17, 15) is 19.7 Å². The zero-order valence-electron chi connectivity index (χ0n) is 12.6. The van der Waals surface area contributed by atoms with E-state index in [2.05, 4.69) is 5.32 Å². The maximum atomic E-state index is 12.3. The molecule has 1 N–H and O–H groups in total. The summed E-state index contributed by atoms with van der Waals surface area (Å²) in [4.78, 5) is 35.7. The molecular weight excluding hydrogens is 300 g/mol. The Morgan fingerprint density at radius 1 is 1.17 bits per heavy atom. The molecule has 7 nitrogen and oxygen atoms in total. The quantitative estimate of drug-likeness (QED) is 0.518. The number of hydrogen-bond acceptors (Lipinski definition) is 6. The Kier molecular flexibility index (Phi) is 3.85. The highest BCUT2D eigenvalue weighted by molar-refractivity contribution is 6.05. The zero-order valence-corrected chi connectivity index (χ0v) is 12.6. The third-order valence-corrected chi connectivity index (χ3v) is 4.29. The van der Waals surface area contributed by atoms with Crippen molar-refractivity contribution in [1.29, 1.82) is 0 Å². The monoisotopic (exact) mass is 316 g/mol. The number of allylic oxidation sites excluding steroid dienone is 1. The molecule has 0 radical (unpaired) electrons. The summed E-state index contributed by atoms with van der Waals surface area (Å²) in [7, 11) is 1.51. The van der Waals surface area contributed by atoms with Crippen LogP contribution in [0.3, 0.4) is 0 Å². The number of carbonyl (C=O) groups excluding carboxylic acids is 2. The molecule has 1 aliphatic heterocycles. The lowest BCUT2D eigenvalue weighted by Gasteiger charge is -2.31. The summed E-state index contributed by atoms with van der Waals surface area (Å²) in [6, 6.07) is 6.80. The number of nitro groups is 1. The van der Waals surface area contributed by atoms with Crippen LogP contribution in [0.2, 0.25) is 0 Å². The third-order valence-electron chi connectivity index (χ3n) is 4.29. The molecule has 23 heavy (non-hydrogen) atoms. The molecule has 1 heterocycles. The lowest BCUT2D eigenvalue weighted by molar-refractivity contribution is -0.434. The molecule has 1 atom stereocenters. The van der Waals surface area contributed by atoms with E-state index in [0.29, 0.717) is 17.7 Å². The Labute approximate surface area is 132 Å². The van der Waals surface area contributed by atoms with Gasteiger partial charge in [-0.15, -0.1) is 0 Å².